The van der Waals surface area contributed by atoms with Crippen LogP contribution in [-0.2, 0) is 11.3 Å². The van der Waals surface area contributed by atoms with Crippen LogP contribution in [-0.4, -0.2) is 24.2 Å². The van der Waals surface area contributed by atoms with Gasteiger partial charge < -0.3 is 14.6 Å². The smallest absolute Gasteiger partial charge is 0.349 e. The van der Waals surface area contributed by atoms with Gasteiger partial charge in [-0.25, -0.2) is 9.59 Å². The van der Waals surface area contributed by atoms with E-state index in [1.54, 1.807) is 24.3 Å². The summed E-state index contributed by atoms with van der Waals surface area (Å²) in [6.45, 7) is 0.211. The van der Waals surface area contributed by atoms with Gasteiger partial charge in [-0.2, -0.15) is 0 Å². The molecule has 0 atom stereocenters. The molecule has 0 radical (unpaired) electrons. The Balaban J connectivity index is 1.84. The minimum atomic E-state index is -1.01. The number of rotatable bonds is 5. The highest BCUT2D eigenvalue weighted by molar-refractivity contribution is 7.21. The zero-order chi connectivity index (χ0) is 17.1. The maximum absolute atomic E-state index is 11.4. The summed E-state index contributed by atoms with van der Waals surface area (Å²) in [7, 11) is 1.33. The molecule has 0 saturated heterocycles. The van der Waals surface area contributed by atoms with Crippen LogP contribution in [0.15, 0.2) is 48.5 Å². The lowest BCUT2D eigenvalue weighted by Gasteiger charge is -2.07. The second-order valence-corrected chi connectivity index (χ2v) is 6.09. The summed E-state index contributed by atoms with van der Waals surface area (Å²) in [5.41, 5.74) is 1.28. The van der Waals surface area contributed by atoms with E-state index in [4.69, 9.17) is 4.74 Å². The van der Waals surface area contributed by atoms with Gasteiger partial charge in [-0.15, -0.1) is 11.3 Å². The Kier molecular flexibility index (Phi) is 4.48. The molecule has 0 unspecified atom stereocenters. The van der Waals surface area contributed by atoms with E-state index in [9.17, 15) is 14.7 Å². The molecule has 24 heavy (non-hydrogen) atoms. The molecule has 3 aromatic rings. The molecule has 0 spiro atoms. The average Bonchev–Trinajstić information content (AvgIpc) is 2.99. The number of carboxylic acid groups (broad SMARTS) is 1. The van der Waals surface area contributed by atoms with Gasteiger partial charge in [-0.1, -0.05) is 24.3 Å². The molecule has 122 valence electrons. The number of carboxylic acids is 1. The summed E-state index contributed by atoms with van der Waals surface area (Å²) in [5, 5.41) is 10.2. The lowest BCUT2D eigenvalue weighted by molar-refractivity contribution is 0.0599. The van der Waals surface area contributed by atoms with Crippen molar-refractivity contribution in [2.45, 2.75) is 6.61 Å². The number of benzene rings is 2. The van der Waals surface area contributed by atoms with Gasteiger partial charge in [0.05, 0.1) is 12.7 Å². The van der Waals surface area contributed by atoms with Crippen LogP contribution in [0.4, 0.5) is 0 Å². The molecule has 2 aromatic carbocycles. The summed E-state index contributed by atoms with van der Waals surface area (Å²) in [6.07, 6.45) is 0. The number of fused-ring (bicyclic) bond motifs is 1. The molecule has 0 aliphatic carbocycles. The Morgan fingerprint density at radius 2 is 1.79 bits per heavy atom. The lowest BCUT2D eigenvalue weighted by atomic mass is 10.1. The van der Waals surface area contributed by atoms with Gasteiger partial charge in [-0.05, 0) is 29.8 Å². The van der Waals surface area contributed by atoms with Crippen LogP contribution in [0.2, 0.25) is 0 Å². The molecule has 6 heteroatoms. The Labute approximate surface area is 142 Å². The molecule has 0 aliphatic rings. The van der Waals surface area contributed by atoms with Gasteiger partial charge in [0.2, 0.25) is 0 Å². The largest absolute Gasteiger partial charge is 0.486 e. The van der Waals surface area contributed by atoms with Crippen LogP contribution >= 0.6 is 11.3 Å². The standard InChI is InChI=1S/C18H14O5S/c1-22-18(21)12-8-6-11(7-9-12)10-23-15-13-4-2-3-5-14(13)24-16(15)17(19)20/h2-9H,10H2,1H3,(H,19,20). The minimum Gasteiger partial charge on any atom is -0.486 e. The third-order valence-corrected chi connectivity index (χ3v) is 4.64. The molecule has 0 aliphatic heterocycles. The van der Waals surface area contributed by atoms with Gasteiger partial charge in [0, 0.05) is 10.1 Å². The first-order valence-corrected chi connectivity index (χ1v) is 7.96. The molecular formula is C18H14O5S. The molecule has 1 heterocycles. The summed E-state index contributed by atoms with van der Waals surface area (Å²) in [6, 6.07) is 14.2. The van der Waals surface area contributed by atoms with Crippen LogP contribution in [0.5, 0.6) is 5.75 Å². The second-order valence-electron chi connectivity index (χ2n) is 5.04. The lowest BCUT2D eigenvalue weighted by Crippen LogP contribution is -2.03. The molecule has 0 amide bonds. The number of hydrogen-bond donors (Lipinski definition) is 1. The van der Waals surface area contributed by atoms with Crippen molar-refractivity contribution >= 4 is 33.4 Å². The Morgan fingerprint density at radius 1 is 1.08 bits per heavy atom. The Morgan fingerprint density at radius 3 is 2.46 bits per heavy atom. The number of methoxy groups -OCH3 is 1. The van der Waals surface area contributed by atoms with Crippen molar-refractivity contribution in [3.8, 4) is 5.75 Å². The Bertz CT molecular complexity index is 895. The van der Waals surface area contributed by atoms with E-state index >= 15 is 0 Å². The first kappa shape index (κ1) is 16.0. The van der Waals surface area contributed by atoms with E-state index in [0.29, 0.717) is 11.3 Å². The molecule has 3 rings (SSSR count). The third kappa shape index (κ3) is 3.09. The molecule has 1 N–H and O–H groups in total. The zero-order valence-electron chi connectivity index (χ0n) is 12.8. The number of hydrogen-bond acceptors (Lipinski definition) is 5. The quantitative estimate of drug-likeness (QED) is 0.710. The van der Waals surface area contributed by atoms with Gasteiger partial charge >= 0.3 is 11.9 Å². The highest BCUT2D eigenvalue weighted by Crippen LogP contribution is 2.38. The summed E-state index contributed by atoms with van der Waals surface area (Å²) < 4.78 is 11.3. The van der Waals surface area contributed by atoms with Crippen LogP contribution < -0.4 is 4.74 Å². The van der Waals surface area contributed by atoms with Crippen molar-refractivity contribution in [2.75, 3.05) is 7.11 Å². The maximum Gasteiger partial charge on any atom is 0.349 e. The summed E-state index contributed by atoms with van der Waals surface area (Å²) in [5.74, 6) is -1.04. The third-order valence-electron chi connectivity index (χ3n) is 3.50. The van der Waals surface area contributed by atoms with Crippen LogP contribution in [0, 0.1) is 0 Å². The highest BCUT2D eigenvalue weighted by atomic mass is 32.1. The van der Waals surface area contributed by atoms with Crippen LogP contribution in [0.3, 0.4) is 0 Å². The van der Waals surface area contributed by atoms with E-state index in [1.165, 1.54) is 18.4 Å². The number of esters is 1. The van der Waals surface area contributed by atoms with Crippen molar-refractivity contribution < 1.29 is 24.2 Å². The van der Waals surface area contributed by atoms with Crippen molar-refractivity contribution in [3.05, 3.63) is 64.5 Å². The summed E-state index contributed by atoms with van der Waals surface area (Å²) >= 11 is 1.19. The number of carbonyl (C=O) groups is 2. The topological polar surface area (TPSA) is 72.8 Å². The molecule has 0 saturated carbocycles. The van der Waals surface area contributed by atoms with Gasteiger partial charge in [0.1, 0.15) is 6.61 Å². The van der Waals surface area contributed by atoms with E-state index in [-0.39, 0.29) is 11.5 Å². The molecule has 5 nitrogen and oxygen atoms in total. The van der Waals surface area contributed by atoms with E-state index in [0.717, 1.165) is 15.6 Å². The molecule has 0 fully saturated rings. The number of thiophene rings is 1. The highest BCUT2D eigenvalue weighted by Gasteiger charge is 2.19. The fourth-order valence-corrected chi connectivity index (χ4v) is 3.30. The predicted molar refractivity (Wildman–Crippen MR) is 90.9 cm³/mol. The predicted octanol–water partition coefficient (Wildman–Crippen LogP) is 3.97. The van der Waals surface area contributed by atoms with E-state index < -0.39 is 11.9 Å². The number of ether oxygens (including phenoxy) is 2. The SMILES string of the molecule is COC(=O)c1ccc(COc2c(C(=O)O)sc3ccccc23)cc1. The van der Waals surface area contributed by atoms with Crippen molar-refractivity contribution in [3.63, 3.8) is 0 Å². The minimum absolute atomic E-state index is 0.183. The molecular weight excluding hydrogens is 328 g/mol. The maximum atomic E-state index is 11.4. The fraction of sp³-hybridized carbons (Fsp3) is 0.111. The van der Waals surface area contributed by atoms with E-state index in [1.807, 2.05) is 24.3 Å². The average molecular weight is 342 g/mol. The normalized spacial score (nSPS) is 10.5. The molecule has 0 bridgehead atoms. The number of aromatic carboxylic acids is 1. The fourth-order valence-electron chi connectivity index (χ4n) is 2.32. The Hall–Kier alpha value is -2.86. The van der Waals surface area contributed by atoms with Crippen molar-refractivity contribution in [2.24, 2.45) is 0 Å². The first-order valence-electron chi connectivity index (χ1n) is 7.15. The monoisotopic (exact) mass is 342 g/mol. The van der Waals surface area contributed by atoms with Crippen LogP contribution in [0.1, 0.15) is 25.6 Å². The van der Waals surface area contributed by atoms with Gasteiger partial charge in [0.15, 0.2) is 10.6 Å². The van der Waals surface area contributed by atoms with Gasteiger partial charge in [-0.3, -0.25) is 0 Å². The molecule has 1 aromatic heterocycles. The summed E-state index contributed by atoms with van der Waals surface area (Å²) in [4.78, 5) is 23.0. The second kappa shape index (κ2) is 6.72. The zero-order valence-corrected chi connectivity index (χ0v) is 13.6. The number of carbonyl (C=O) groups excluding carboxylic acids is 1. The van der Waals surface area contributed by atoms with Crippen molar-refractivity contribution in [1.82, 2.24) is 0 Å². The van der Waals surface area contributed by atoms with Crippen molar-refractivity contribution in [1.29, 1.82) is 0 Å². The van der Waals surface area contributed by atoms with E-state index in [2.05, 4.69) is 4.74 Å². The van der Waals surface area contributed by atoms with Gasteiger partial charge in [0.25, 0.3) is 0 Å². The first-order chi connectivity index (χ1) is 11.6. The van der Waals surface area contributed by atoms with Crippen LogP contribution in [0.25, 0.3) is 10.1 Å².